The van der Waals surface area contributed by atoms with Crippen molar-refractivity contribution in [1.82, 2.24) is 0 Å². The van der Waals surface area contributed by atoms with Crippen LogP contribution in [0, 0.1) is 0 Å². The van der Waals surface area contributed by atoms with Crippen LogP contribution in [0.5, 0.6) is 0 Å². The summed E-state index contributed by atoms with van der Waals surface area (Å²) in [5, 5.41) is 0.774. The first-order chi connectivity index (χ1) is 4.33. The minimum Gasteiger partial charge on any atom is -0.347 e. The standard InChI is InChI=1S/C6H11BrO2/c1-2-6(5-7)8-3-4-9-6/h2-5H2,1H3. The van der Waals surface area contributed by atoms with Crippen LogP contribution in [-0.2, 0) is 9.47 Å². The highest BCUT2D eigenvalue weighted by Crippen LogP contribution is 2.24. The van der Waals surface area contributed by atoms with E-state index in [0.717, 1.165) is 25.0 Å². The number of rotatable bonds is 2. The lowest BCUT2D eigenvalue weighted by Crippen LogP contribution is -2.30. The van der Waals surface area contributed by atoms with E-state index >= 15 is 0 Å². The van der Waals surface area contributed by atoms with Gasteiger partial charge in [0.15, 0.2) is 5.79 Å². The number of hydrogen-bond donors (Lipinski definition) is 0. The van der Waals surface area contributed by atoms with E-state index in [1.54, 1.807) is 0 Å². The molecule has 0 atom stereocenters. The Kier molecular flexibility index (Phi) is 2.50. The highest BCUT2D eigenvalue weighted by atomic mass is 79.9. The van der Waals surface area contributed by atoms with Crippen LogP contribution in [0.3, 0.4) is 0 Å². The summed E-state index contributed by atoms with van der Waals surface area (Å²) >= 11 is 3.34. The molecule has 1 heterocycles. The lowest BCUT2D eigenvalue weighted by atomic mass is 10.2. The van der Waals surface area contributed by atoms with Crippen molar-refractivity contribution in [3.05, 3.63) is 0 Å². The van der Waals surface area contributed by atoms with Crippen molar-refractivity contribution in [2.24, 2.45) is 0 Å². The van der Waals surface area contributed by atoms with Gasteiger partial charge in [0.2, 0.25) is 0 Å². The number of ether oxygens (including phenoxy) is 2. The monoisotopic (exact) mass is 194 g/mol. The first-order valence-electron chi connectivity index (χ1n) is 3.17. The average Bonchev–Trinajstić information content (AvgIpc) is 2.36. The minimum absolute atomic E-state index is 0.306. The Labute approximate surface area is 63.7 Å². The Hall–Kier alpha value is 0.400. The first-order valence-corrected chi connectivity index (χ1v) is 4.29. The Balaban J connectivity index is 2.45. The van der Waals surface area contributed by atoms with Crippen molar-refractivity contribution >= 4 is 15.9 Å². The van der Waals surface area contributed by atoms with Crippen LogP contribution in [0.2, 0.25) is 0 Å². The second-order valence-corrected chi connectivity index (χ2v) is 2.66. The molecule has 1 aliphatic rings. The van der Waals surface area contributed by atoms with Crippen molar-refractivity contribution in [2.45, 2.75) is 19.1 Å². The van der Waals surface area contributed by atoms with Crippen LogP contribution in [-0.4, -0.2) is 24.3 Å². The van der Waals surface area contributed by atoms with Gasteiger partial charge in [0.25, 0.3) is 0 Å². The predicted octanol–water partition coefficient (Wildman–Crippen LogP) is 1.53. The molecule has 0 aromatic rings. The molecule has 0 aromatic heterocycles. The van der Waals surface area contributed by atoms with E-state index in [4.69, 9.17) is 9.47 Å². The molecule has 1 aliphatic heterocycles. The summed E-state index contributed by atoms with van der Waals surface area (Å²) in [5.41, 5.74) is 0. The number of halogens is 1. The van der Waals surface area contributed by atoms with Crippen LogP contribution in [0.15, 0.2) is 0 Å². The minimum atomic E-state index is -0.306. The average molecular weight is 195 g/mol. The Bertz CT molecular complexity index is 83.1. The predicted molar refractivity (Wildman–Crippen MR) is 38.7 cm³/mol. The first kappa shape index (κ1) is 7.51. The van der Waals surface area contributed by atoms with Gasteiger partial charge in [-0.3, -0.25) is 0 Å². The summed E-state index contributed by atoms with van der Waals surface area (Å²) in [4.78, 5) is 0. The molecule has 1 rings (SSSR count). The van der Waals surface area contributed by atoms with E-state index in [1.807, 2.05) is 0 Å². The van der Waals surface area contributed by atoms with Gasteiger partial charge in [0, 0.05) is 0 Å². The zero-order valence-corrected chi connectivity index (χ0v) is 7.11. The highest BCUT2D eigenvalue weighted by Gasteiger charge is 2.32. The Morgan fingerprint density at radius 3 is 2.22 bits per heavy atom. The molecule has 0 bridgehead atoms. The van der Waals surface area contributed by atoms with Gasteiger partial charge in [-0.05, 0) is 6.42 Å². The lowest BCUT2D eigenvalue weighted by molar-refractivity contribution is -0.138. The molecule has 2 nitrogen and oxygen atoms in total. The van der Waals surface area contributed by atoms with Crippen LogP contribution in [0.4, 0.5) is 0 Å². The summed E-state index contributed by atoms with van der Waals surface area (Å²) in [5.74, 6) is -0.306. The fourth-order valence-electron chi connectivity index (χ4n) is 0.873. The molecule has 0 N–H and O–H groups in total. The molecular formula is C6H11BrO2. The smallest absolute Gasteiger partial charge is 0.177 e. The van der Waals surface area contributed by atoms with Crippen LogP contribution in [0.25, 0.3) is 0 Å². The summed E-state index contributed by atoms with van der Waals surface area (Å²) in [7, 11) is 0. The number of hydrogen-bond acceptors (Lipinski definition) is 2. The third-order valence-corrected chi connectivity index (χ3v) is 2.41. The van der Waals surface area contributed by atoms with Gasteiger partial charge in [0.05, 0.1) is 18.5 Å². The van der Waals surface area contributed by atoms with Gasteiger partial charge < -0.3 is 9.47 Å². The maximum atomic E-state index is 5.37. The van der Waals surface area contributed by atoms with E-state index in [0.29, 0.717) is 0 Å². The van der Waals surface area contributed by atoms with Gasteiger partial charge in [-0.1, -0.05) is 22.9 Å². The molecule has 0 aromatic carbocycles. The molecule has 0 amide bonds. The second kappa shape index (κ2) is 2.99. The largest absolute Gasteiger partial charge is 0.347 e. The fraction of sp³-hybridized carbons (Fsp3) is 1.00. The molecule has 3 heteroatoms. The maximum absolute atomic E-state index is 5.37. The topological polar surface area (TPSA) is 18.5 Å². The van der Waals surface area contributed by atoms with E-state index in [1.165, 1.54) is 0 Å². The van der Waals surface area contributed by atoms with Gasteiger partial charge in [-0.2, -0.15) is 0 Å². The maximum Gasteiger partial charge on any atom is 0.177 e. The van der Waals surface area contributed by atoms with Gasteiger partial charge >= 0.3 is 0 Å². The fourth-order valence-corrected chi connectivity index (χ4v) is 1.59. The SMILES string of the molecule is CCC1(CBr)OCCO1. The van der Waals surface area contributed by atoms with Crippen LogP contribution >= 0.6 is 15.9 Å². The Morgan fingerprint density at radius 1 is 1.44 bits per heavy atom. The summed E-state index contributed by atoms with van der Waals surface area (Å²) < 4.78 is 10.7. The highest BCUT2D eigenvalue weighted by molar-refractivity contribution is 9.09. The molecule has 1 fully saturated rings. The molecule has 54 valence electrons. The molecule has 9 heavy (non-hydrogen) atoms. The zero-order valence-electron chi connectivity index (χ0n) is 5.52. The van der Waals surface area contributed by atoms with E-state index in [-0.39, 0.29) is 5.79 Å². The lowest BCUT2D eigenvalue weighted by Gasteiger charge is -2.22. The van der Waals surface area contributed by atoms with Crippen molar-refractivity contribution < 1.29 is 9.47 Å². The summed E-state index contributed by atoms with van der Waals surface area (Å²) in [6, 6.07) is 0. The number of alkyl halides is 1. The van der Waals surface area contributed by atoms with Crippen molar-refractivity contribution in [3.8, 4) is 0 Å². The second-order valence-electron chi connectivity index (χ2n) is 2.09. The van der Waals surface area contributed by atoms with E-state index < -0.39 is 0 Å². The molecule has 0 radical (unpaired) electrons. The van der Waals surface area contributed by atoms with Gasteiger partial charge in [-0.15, -0.1) is 0 Å². The zero-order chi connectivity index (χ0) is 6.74. The molecule has 1 saturated heterocycles. The molecular weight excluding hydrogens is 184 g/mol. The summed E-state index contributed by atoms with van der Waals surface area (Å²) in [6.45, 7) is 3.53. The molecule has 0 spiro atoms. The Morgan fingerprint density at radius 2 is 2.00 bits per heavy atom. The van der Waals surface area contributed by atoms with Crippen molar-refractivity contribution in [1.29, 1.82) is 0 Å². The normalized spacial score (nSPS) is 24.7. The third kappa shape index (κ3) is 1.45. The van der Waals surface area contributed by atoms with Crippen LogP contribution in [0.1, 0.15) is 13.3 Å². The van der Waals surface area contributed by atoms with Gasteiger partial charge in [-0.25, -0.2) is 0 Å². The molecule has 0 unspecified atom stereocenters. The van der Waals surface area contributed by atoms with Crippen LogP contribution < -0.4 is 0 Å². The summed E-state index contributed by atoms with van der Waals surface area (Å²) in [6.07, 6.45) is 0.915. The molecule has 0 aliphatic carbocycles. The third-order valence-electron chi connectivity index (χ3n) is 1.56. The quantitative estimate of drug-likeness (QED) is 0.622. The van der Waals surface area contributed by atoms with Gasteiger partial charge in [0.1, 0.15) is 0 Å². The van der Waals surface area contributed by atoms with E-state index in [9.17, 15) is 0 Å². The van der Waals surface area contributed by atoms with E-state index in [2.05, 4.69) is 22.9 Å². The van der Waals surface area contributed by atoms with Crippen molar-refractivity contribution in [3.63, 3.8) is 0 Å². The molecule has 0 saturated carbocycles. The van der Waals surface area contributed by atoms with Crippen molar-refractivity contribution in [2.75, 3.05) is 18.5 Å².